The van der Waals surface area contributed by atoms with E-state index in [0.717, 1.165) is 0 Å². The Hall–Kier alpha value is -2.07. The maximum Gasteiger partial charge on any atom is 0.407 e. The topological polar surface area (TPSA) is 120 Å². The van der Waals surface area contributed by atoms with Crippen LogP contribution in [0.1, 0.15) is 33.6 Å². The van der Waals surface area contributed by atoms with Gasteiger partial charge < -0.3 is 15.0 Å². The van der Waals surface area contributed by atoms with E-state index in [9.17, 15) is 19.6 Å². The summed E-state index contributed by atoms with van der Waals surface area (Å²) in [5.74, 6) is -0.450. The number of hydrogen-bond donors (Lipinski definition) is 3. The van der Waals surface area contributed by atoms with Crippen LogP contribution in [0.15, 0.2) is 0 Å². The van der Waals surface area contributed by atoms with Gasteiger partial charge in [0.25, 0.3) is 5.91 Å². The summed E-state index contributed by atoms with van der Waals surface area (Å²) in [5.41, 5.74) is 1.68. The number of hydroxylamine groups is 3. The number of carbonyl (C=O) groups excluding carboxylic acids is 3. The maximum absolute atomic E-state index is 12.1. The third-order valence-corrected chi connectivity index (χ3v) is 3.69. The molecule has 0 aromatic heterocycles. The van der Waals surface area contributed by atoms with Crippen LogP contribution in [-0.2, 0) is 14.4 Å². The molecule has 0 spiro atoms. The van der Waals surface area contributed by atoms with Crippen molar-refractivity contribution in [2.24, 2.45) is 0 Å². The predicted octanol–water partition coefficient (Wildman–Crippen LogP) is 0.217. The number of fused-ring (bicyclic) bond motifs is 2. The standard InChI is InChI=1S/C14H24N4O6/c1-14(2,3)24-12(20)15-6-7-23-16-11(19)10-5-4-9-8-17(10)13(21)18(9)22/h9-10,22H,4-8H2,1-3H3,(H,15,20)(H,16,19)/t9-,10+/m1/s1. The van der Waals surface area contributed by atoms with Gasteiger partial charge in [-0.25, -0.2) is 20.1 Å². The predicted molar refractivity (Wildman–Crippen MR) is 80.9 cm³/mol. The van der Waals surface area contributed by atoms with E-state index in [2.05, 4.69) is 10.8 Å². The van der Waals surface area contributed by atoms with Gasteiger partial charge in [-0.3, -0.25) is 14.8 Å². The number of hydrogen-bond acceptors (Lipinski definition) is 6. The lowest BCUT2D eigenvalue weighted by atomic mass is 10.0. The summed E-state index contributed by atoms with van der Waals surface area (Å²) in [5, 5.41) is 12.7. The van der Waals surface area contributed by atoms with Crippen molar-refractivity contribution >= 4 is 18.0 Å². The molecular weight excluding hydrogens is 320 g/mol. The number of nitrogens with zero attached hydrogens (tertiary/aromatic N) is 2. The van der Waals surface area contributed by atoms with Crippen LogP contribution in [-0.4, -0.2) is 70.6 Å². The first-order valence-corrected chi connectivity index (χ1v) is 7.86. The van der Waals surface area contributed by atoms with Crippen LogP contribution in [0, 0.1) is 0 Å². The minimum atomic E-state index is -0.662. The molecule has 2 atom stereocenters. The number of ether oxygens (including phenoxy) is 1. The molecule has 0 unspecified atom stereocenters. The van der Waals surface area contributed by atoms with Crippen LogP contribution in [0.25, 0.3) is 0 Å². The fourth-order valence-corrected chi connectivity index (χ4v) is 2.63. The van der Waals surface area contributed by atoms with Crippen molar-refractivity contribution in [2.75, 3.05) is 19.7 Å². The zero-order valence-electron chi connectivity index (χ0n) is 14.1. The third kappa shape index (κ3) is 4.48. The van der Waals surface area contributed by atoms with Gasteiger partial charge in [-0.05, 0) is 33.6 Å². The van der Waals surface area contributed by atoms with Crippen molar-refractivity contribution in [1.82, 2.24) is 20.8 Å². The van der Waals surface area contributed by atoms with E-state index < -0.39 is 29.7 Å². The zero-order valence-corrected chi connectivity index (χ0v) is 14.1. The second-order valence-corrected chi connectivity index (χ2v) is 6.77. The van der Waals surface area contributed by atoms with E-state index in [1.165, 1.54) is 4.90 Å². The molecule has 0 radical (unpaired) electrons. The Morgan fingerprint density at radius 2 is 2.04 bits per heavy atom. The van der Waals surface area contributed by atoms with Crippen molar-refractivity contribution in [3.05, 3.63) is 0 Å². The molecule has 0 saturated carbocycles. The fourth-order valence-electron chi connectivity index (χ4n) is 2.63. The Kier molecular flexibility index (Phi) is 5.50. The minimum Gasteiger partial charge on any atom is -0.444 e. The van der Waals surface area contributed by atoms with E-state index in [-0.39, 0.29) is 19.2 Å². The highest BCUT2D eigenvalue weighted by molar-refractivity contribution is 5.87. The van der Waals surface area contributed by atoms with Gasteiger partial charge in [0.2, 0.25) is 0 Å². The largest absolute Gasteiger partial charge is 0.444 e. The van der Waals surface area contributed by atoms with Crippen molar-refractivity contribution in [1.29, 1.82) is 0 Å². The Morgan fingerprint density at radius 3 is 2.71 bits per heavy atom. The molecule has 136 valence electrons. The summed E-state index contributed by atoms with van der Waals surface area (Å²) in [4.78, 5) is 41.6. The molecule has 10 nitrogen and oxygen atoms in total. The van der Waals surface area contributed by atoms with E-state index in [1.807, 2.05) is 0 Å². The van der Waals surface area contributed by atoms with Crippen molar-refractivity contribution in [3.8, 4) is 0 Å². The molecule has 2 rings (SSSR count). The van der Waals surface area contributed by atoms with Crippen LogP contribution in [0.3, 0.4) is 0 Å². The van der Waals surface area contributed by atoms with Crippen molar-refractivity contribution in [2.45, 2.75) is 51.3 Å². The van der Waals surface area contributed by atoms with Crippen molar-refractivity contribution < 1.29 is 29.2 Å². The quantitative estimate of drug-likeness (QED) is 0.373. The van der Waals surface area contributed by atoms with Crippen LogP contribution in [0.5, 0.6) is 0 Å². The molecule has 0 aromatic carbocycles. The number of rotatable bonds is 5. The van der Waals surface area contributed by atoms with E-state index in [0.29, 0.717) is 24.4 Å². The molecule has 0 aliphatic carbocycles. The lowest BCUT2D eigenvalue weighted by Gasteiger charge is -2.28. The summed E-state index contributed by atoms with van der Waals surface area (Å²) in [6.45, 7) is 5.81. The number of piperidine rings is 1. The van der Waals surface area contributed by atoms with Gasteiger partial charge in [-0.1, -0.05) is 0 Å². The molecule has 24 heavy (non-hydrogen) atoms. The van der Waals surface area contributed by atoms with E-state index in [4.69, 9.17) is 9.57 Å². The Balaban J connectivity index is 1.65. The number of amides is 4. The SMILES string of the molecule is CC(C)(C)OC(=O)NCCONC(=O)[C@@H]1CC[C@@H]2CN1C(=O)N2O. The molecule has 10 heteroatoms. The number of alkyl carbamates (subject to hydrolysis) is 1. The Labute approximate surface area is 140 Å². The summed E-state index contributed by atoms with van der Waals surface area (Å²) in [6, 6.07) is -1.48. The average molecular weight is 344 g/mol. The molecule has 2 bridgehead atoms. The average Bonchev–Trinajstić information content (AvgIpc) is 2.70. The zero-order chi connectivity index (χ0) is 17.9. The molecule has 0 aromatic rings. The number of carbonyl (C=O) groups is 3. The van der Waals surface area contributed by atoms with Crippen molar-refractivity contribution in [3.63, 3.8) is 0 Å². The molecule has 2 heterocycles. The van der Waals surface area contributed by atoms with Gasteiger partial charge in [0.15, 0.2) is 0 Å². The Bertz CT molecular complexity index is 506. The van der Waals surface area contributed by atoms with Crippen LogP contribution in [0.4, 0.5) is 9.59 Å². The van der Waals surface area contributed by atoms with Gasteiger partial charge in [0, 0.05) is 13.1 Å². The third-order valence-electron chi connectivity index (χ3n) is 3.69. The van der Waals surface area contributed by atoms with Gasteiger partial charge in [0.05, 0.1) is 12.6 Å². The van der Waals surface area contributed by atoms with Gasteiger partial charge in [0.1, 0.15) is 11.6 Å². The fraction of sp³-hybridized carbons (Fsp3) is 0.786. The Morgan fingerprint density at radius 1 is 1.33 bits per heavy atom. The highest BCUT2D eigenvalue weighted by Crippen LogP contribution is 2.28. The second kappa shape index (κ2) is 7.22. The minimum absolute atomic E-state index is 0.0560. The molecule has 2 aliphatic heterocycles. The summed E-state index contributed by atoms with van der Waals surface area (Å²) in [7, 11) is 0. The van der Waals surface area contributed by atoms with Crippen LogP contribution < -0.4 is 10.8 Å². The first-order valence-electron chi connectivity index (χ1n) is 7.86. The monoisotopic (exact) mass is 344 g/mol. The number of nitrogens with one attached hydrogen (secondary N) is 2. The van der Waals surface area contributed by atoms with Gasteiger partial charge in [-0.2, -0.15) is 0 Å². The van der Waals surface area contributed by atoms with Crippen LogP contribution in [0.2, 0.25) is 0 Å². The highest BCUT2D eigenvalue weighted by Gasteiger charge is 2.46. The first kappa shape index (κ1) is 18.3. The lowest BCUT2D eigenvalue weighted by Crippen LogP contribution is -2.50. The molecule has 4 amide bonds. The van der Waals surface area contributed by atoms with Gasteiger partial charge in [-0.15, -0.1) is 0 Å². The highest BCUT2D eigenvalue weighted by atomic mass is 16.7. The van der Waals surface area contributed by atoms with Crippen LogP contribution >= 0.6 is 0 Å². The van der Waals surface area contributed by atoms with E-state index in [1.54, 1.807) is 20.8 Å². The number of urea groups is 1. The molecular formula is C14H24N4O6. The molecule has 3 N–H and O–H groups in total. The summed E-state index contributed by atoms with van der Waals surface area (Å²) < 4.78 is 5.05. The summed E-state index contributed by atoms with van der Waals surface area (Å²) in [6.07, 6.45) is 0.442. The molecule has 2 aliphatic rings. The molecule has 2 fully saturated rings. The lowest BCUT2D eigenvalue weighted by molar-refractivity contribution is -0.138. The smallest absolute Gasteiger partial charge is 0.407 e. The maximum atomic E-state index is 12.1. The van der Waals surface area contributed by atoms with Gasteiger partial charge >= 0.3 is 12.1 Å². The normalized spacial score (nSPS) is 23.2. The molecule has 2 saturated heterocycles. The second-order valence-electron chi connectivity index (χ2n) is 6.77. The van der Waals surface area contributed by atoms with E-state index >= 15 is 0 Å². The first-order chi connectivity index (χ1) is 11.2. The summed E-state index contributed by atoms with van der Waals surface area (Å²) >= 11 is 0.